The molecule has 2 heteroatoms. The van der Waals surface area contributed by atoms with Gasteiger partial charge in [-0.2, -0.15) is 0 Å². The standard InChI is InChI=1S/C17H17NO/c19-17(15-10-5-2-6-11-15)18-13-7-12-16(18)14-8-3-1-4-9-14/h1-6,8-11,16H,7,12-13H2. The Morgan fingerprint density at radius 2 is 1.58 bits per heavy atom. The van der Waals surface area contributed by atoms with Crippen molar-refractivity contribution in [2.24, 2.45) is 0 Å². The summed E-state index contributed by atoms with van der Waals surface area (Å²) in [5.74, 6) is 0.145. The summed E-state index contributed by atoms with van der Waals surface area (Å²) in [6, 6.07) is 20.1. The molecule has 0 spiro atoms. The summed E-state index contributed by atoms with van der Waals surface area (Å²) in [6.45, 7) is 0.854. The quantitative estimate of drug-likeness (QED) is 0.797. The van der Waals surface area contributed by atoms with Crippen LogP contribution in [0.4, 0.5) is 0 Å². The van der Waals surface area contributed by atoms with Gasteiger partial charge in [0.25, 0.3) is 5.91 Å². The first-order valence-electron chi connectivity index (χ1n) is 6.77. The van der Waals surface area contributed by atoms with E-state index in [1.165, 1.54) is 5.56 Å². The molecule has 1 saturated heterocycles. The Morgan fingerprint density at radius 3 is 2.26 bits per heavy atom. The third-order valence-corrected chi connectivity index (χ3v) is 3.72. The molecular weight excluding hydrogens is 234 g/mol. The Kier molecular flexibility index (Phi) is 3.32. The molecule has 0 saturated carbocycles. The van der Waals surface area contributed by atoms with Crippen molar-refractivity contribution in [3.05, 3.63) is 71.8 Å². The van der Waals surface area contributed by atoms with E-state index in [0.717, 1.165) is 24.9 Å². The van der Waals surface area contributed by atoms with Crippen molar-refractivity contribution in [3.8, 4) is 0 Å². The van der Waals surface area contributed by atoms with Crippen LogP contribution >= 0.6 is 0 Å². The molecule has 1 aliphatic rings. The highest BCUT2D eigenvalue weighted by Crippen LogP contribution is 2.32. The van der Waals surface area contributed by atoms with Crippen LogP contribution in [0.25, 0.3) is 0 Å². The van der Waals surface area contributed by atoms with Crippen molar-refractivity contribution in [2.75, 3.05) is 6.54 Å². The molecule has 1 atom stereocenters. The van der Waals surface area contributed by atoms with Crippen LogP contribution in [0.2, 0.25) is 0 Å². The molecule has 2 nitrogen and oxygen atoms in total. The zero-order valence-electron chi connectivity index (χ0n) is 10.8. The van der Waals surface area contributed by atoms with E-state index < -0.39 is 0 Å². The van der Waals surface area contributed by atoms with Crippen molar-refractivity contribution < 1.29 is 4.79 Å². The lowest BCUT2D eigenvalue weighted by molar-refractivity contribution is 0.0735. The van der Waals surface area contributed by atoms with E-state index in [0.29, 0.717) is 0 Å². The van der Waals surface area contributed by atoms with Crippen LogP contribution in [0.5, 0.6) is 0 Å². The topological polar surface area (TPSA) is 20.3 Å². The van der Waals surface area contributed by atoms with Crippen LogP contribution in [0, 0.1) is 0 Å². The van der Waals surface area contributed by atoms with Crippen molar-refractivity contribution in [2.45, 2.75) is 18.9 Å². The van der Waals surface area contributed by atoms with Crippen LogP contribution in [-0.4, -0.2) is 17.4 Å². The van der Waals surface area contributed by atoms with Gasteiger partial charge in [-0.25, -0.2) is 0 Å². The second-order valence-corrected chi connectivity index (χ2v) is 4.93. The Hall–Kier alpha value is -2.09. The average Bonchev–Trinajstić information content (AvgIpc) is 2.98. The van der Waals surface area contributed by atoms with Crippen molar-refractivity contribution >= 4 is 5.91 Å². The number of carbonyl (C=O) groups is 1. The number of rotatable bonds is 2. The van der Waals surface area contributed by atoms with Gasteiger partial charge in [-0.1, -0.05) is 48.5 Å². The highest BCUT2D eigenvalue weighted by atomic mass is 16.2. The predicted octanol–water partition coefficient (Wildman–Crippen LogP) is 3.66. The summed E-state index contributed by atoms with van der Waals surface area (Å²) in [5.41, 5.74) is 2.02. The molecule has 1 heterocycles. The van der Waals surface area contributed by atoms with E-state index in [1.807, 2.05) is 53.4 Å². The highest BCUT2D eigenvalue weighted by molar-refractivity contribution is 5.94. The Balaban J connectivity index is 1.86. The summed E-state index contributed by atoms with van der Waals surface area (Å²) in [5, 5.41) is 0. The molecule has 3 rings (SSSR count). The van der Waals surface area contributed by atoms with Crippen molar-refractivity contribution in [1.82, 2.24) is 4.90 Å². The maximum absolute atomic E-state index is 12.6. The number of carbonyl (C=O) groups excluding carboxylic acids is 1. The molecule has 0 N–H and O–H groups in total. The summed E-state index contributed by atoms with van der Waals surface area (Å²) < 4.78 is 0. The number of likely N-dealkylation sites (tertiary alicyclic amines) is 1. The lowest BCUT2D eigenvalue weighted by atomic mass is 10.0. The van der Waals surface area contributed by atoms with Gasteiger partial charge in [0.1, 0.15) is 0 Å². The minimum atomic E-state index is 0.145. The maximum Gasteiger partial charge on any atom is 0.254 e. The fraction of sp³-hybridized carbons (Fsp3) is 0.235. The van der Waals surface area contributed by atoms with Crippen LogP contribution in [0.3, 0.4) is 0 Å². The van der Waals surface area contributed by atoms with E-state index >= 15 is 0 Å². The molecule has 19 heavy (non-hydrogen) atoms. The van der Waals surface area contributed by atoms with Gasteiger partial charge in [0.15, 0.2) is 0 Å². The van der Waals surface area contributed by atoms with Gasteiger partial charge in [-0.3, -0.25) is 4.79 Å². The molecule has 1 aliphatic heterocycles. The fourth-order valence-corrected chi connectivity index (χ4v) is 2.78. The molecule has 0 radical (unpaired) electrons. The third-order valence-electron chi connectivity index (χ3n) is 3.72. The van der Waals surface area contributed by atoms with Crippen molar-refractivity contribution in [3.63, 3.8) is 0 Å². The first kappa shape index (κ1) is 12.0. The second kappa shape index (κ2) is 5.27. The van der Waals surface area contributed by atoms with E-state index in [-0.39, 0.29) is 11.9 Å². The Morgan fingerprint density at radius 1 is 0.947 bits per heavy atom. The minimum absolute atomic E-state index is 0.145. The normalized spacial score (nSPS) is 18.5. The van der Waals surface area contributed by atoms with Gasteiger partial charge >= 0.3 is 0 Å². The second-order valence-electron chi connectivity index (χ2n) is 4.93. The van der Waals surface area contributed by atoms with Gasteiger partial charge in [0, 0.05) is 12.1 Å². The molecule has 0 bridgehead atoms. The van der Waals surface area contributed by atoms with E-state index in [9.17, 15) is 4.79 Å². The molecule has 1 fully saturated rings. The van der Waals surface area contributed by atoms with Gasteiger partial charge in [0.05, 0.1) is 6.04 Å². The minimum Gasteiger partial charge on any atom is -0.332 e. The zero-order valence-corrected chi connectivity index (χ0v) is 10.8. The lowest BCUT2D eigenvalue weighted by Crippen LogP contribution is -2.30. The van der Waals surface area contributed by atoms with E-state index in [4.69, 9.17) is 0 Å². The largest absolute Gasteiger partial charge is 0.332 e. The zero-order chi connectivity index (χ0) is 13.1. The smallest absolute Gasteiger partial charge is 0.254 e. The Labute approximate surface area is 113 Å². The number of hydrogen-bond acceptors (Lipinski definition) is 1. The number of amides is 1. The molecule has 1 amide bonds. The molecule has 2 aromatic carbocycles. The van der Waals surface area contributed by atoms with E-state index in [1.54, 1.807) is 0 Å². The van der Waals surface area contributed by atoms with Crippen LogP contribution < -0.4 is 0 Å². The number of nitrogens with zero attached hydrogens (tertiary/aromatic N) is 1. The van der Waals surface area contributed by atoms with Gasteiger partial charge in [0.2, 0.25) is 0 Å². The highest BCUT2D eigenvalue weighted by Gasteiger charge is 2.30. The number of benzene rings is 2. The molecule has 96 valence electrons. The van der Waals surface area contributed by atoms with Crippen molar-refractivity contribution in [1.29, 1.82) is 0 Å². The van der Waals surface area contributed by atoms with Gasteiger partial charge in [-0.15, -0.1) is 0 Å². The van der Waals surface area contributed by atoms with Gasteiger partial charge in [-0.05, 0) is 30.5 Å². The molecule has 2 aromatic rings. The maximum atomic E-state index is 12.6. The summed E-state index contributed by atoms with van der Waals surface area (Å²) in [7, 11) is 0. The third kappa shape index (κ3) is 2.39. The predicted molar refractivity (Wildman–Crippen MR) is 75.9 cm³/mol. The molecule has 1 unspecified atom stereocenters. The van der Waals surface area contributed by atoms with Crippen LogP contribution in [-0.2, 0) is 0 Å². The summed E-state index contributed by atoms with van der Waals surface area (Å²) in [6.07, 6.45) is 2.14. The molecular formula is C17H17NO. The average molecular weight is 251 g/mol. The van der Waals surface area contributed by atoms with Gasteiger partial charge < -0.3 is 4.90 Å². The monoisotopic (exact) mass is 251 g/mol. The molecule has 0 aromatic heterocycles. The first-order chi connectivity index (χ1) is 9.36. The van der Waals surface area contributed by atoms with Crippen LogP contribution in [0.1, 0.15) is 34.8 Å². The SMILES string of the molecule is O=C(c1ccccc1)N1CCCC1c1ccccc1. The summed E-state index contributed by atoms with van der Waals surface area (Å²) in [4.78, 5) is 14.6. The first-order valence-corrected chi connectivity index (χ1v) is 6.77. The molecule has 0 aliphatic carbocycles. The fourth-order valence-electron chi connectivity index (χ4n) is 2.78. The van der Waals surface area contributed by atoms with E-state index in [2.05, 4.69) is 12.1 Å². The number of hydrogen-bond donors (Lipinski definition) is 0. The van der Waals surface area contributed by atoms with Crippen LogP contribution in [0.15, 0.2) is 60.7 Å². The lowest BCUT2D eigenvalue weighted by Gasteiger charge is -2.25. The Bertz CT molecular complexity index is 550. The summed E-state index contributed by atoms with van der Waals surface area (Å²) >= 11 is 0.